The minimum absolute atomic E-state index is 0.0726. The number of anilines is 2. The first-order chi connectivity index (χ1) is 10.8. The Hall–Kier alpha value is -1.78. The number of Topliss-reactive ketones (excluding diaryl/α,β-unsaturated/α-hetero) is 1. The van der Waals surface area contributed by atoms with Gasteiger partial charge in [-0.05, 0) is 28.1 Å². The number of fused-ring (bicyclic) bond motifs is 1. The van der Waals surface area contributed by atoms with Gasteiger partial charge in [0.15, 0.2) is 0 Å². The highest BCUT2D eigenvalue weighted by Crippen LogP contribution is 2.30. The molecule has 0 saturated carbocycles. The number of ketones is 1. The molecule has 8 nitrogen and oxygen atoms in total. The summed E-state index contributed by atoms with van der Waals surface area (Å²) in [5.74, 6) is 0.813. The molecular formula is C13H14BrN5O3S. The highest BCUT2D eigenvalue weighted by molar-refractivity contribution is 9.10. The maximum absolute atomic E-state index is 11.6. The molecule has 0 spiro atoms. The van der Waals surface area contributed by atoms with Crippen molar-refractivity contribution in [3.63, 3.8) is 0 Å². The SMILES string of the molecule is Nc1nc(N2CCC(=O)CC2)nc2cc(Br)c(S(N)(=O)=O)cc12. The van der Waals surface area contributed by atoms with Gasteiger partial charge >= 0.3 is 0 Å². The number of benzene rings is 1. The lowest BCUT2D eigenvalue weighted by atomic mass is 10.1. The number of piperidine rings is 1. The van der Waals surface area contributed by atoms with Crippen molar-refractivity contribution in [2.75, 3.05) is 23.7 Å². The van der Waals surface area contributed by atoms with Crippen molar-refractivity contribution in [2.24, 2.45) is 5.14 Å². The van der Waals surface area contributed by atoms with E-state index in [0.717, 1.165) is 0 Å². The van der Waals surface area contributed by atoms with Gasteiger partial charge in [-0.1, -0.05) is 0 Å². The van der Waals surface area contributed by atoms with Gasteiger partial charge in [0, 0.05) is 35.8 Å². The third-order valence-electron chi connectivity index (χ3n) is 3.68. The van der Waals surface area contributed by atoms with Crippen molar-refractivity contribution < 1.29 is 13.2 Å². The van der Waals surface area contributed by atoms with E-state index < -0.39 is 10.0 Å². The zero-order chi connectivity index (χ0) is 16.8. The van der Waals surface area contributed by atoms with E-state index in [9.17, 15) is 13.2 Å². The van der Waals surface area contributed by atoms with Gasteiger partial charge in [0.25, 0.3) is 0 Å². The van der Waals surface area contributed by atoms with E-state index in [1.54, 1.807) is 6.07 Å². The first kappa shape index (κ1) is 16.1. The van der Waals surface area contributed by atoms with Crippen LogP contribution in [0.3, 0.4) is 0 Å². The van der Waals surface area contributed by atoms with E-state index in [0.29, 0.717) is 47.3 Å². The summed E-state index contributed by atoms with van der Waals surface area (Å²) in [7, 11) is -3.88. The highest BCUT2D eigenvalue weighted by atomic mass is 79.9. The Morgan fingerprint density at radius 2 is 1.83 bits per heavy atom. The van der Waals surface area contributed by atoms with Gasteiger partial charge in [0.1, 0.15) is 11.6 Å². The van der Waals surface area contributed by atoms with Crippen molar-refractivity contribution in [1.82, 2.24) is 9.97 Å². The number of nitrogens with zero attached hydrogens (tertiary/aromatic N) is 3. The number of sulfonamides is 1. The summed E-state index contributed by atoms with van der Waals surface area (Å²) in [6.07, 6.45) is 0.907. The van der Waals surface area contributed by atoms with E-state index in [4.69, 9.17) is 10.9 Å². The molecule has 2 aromatic rings. The zero-order valence-electron chi connectivity index (χ0n) is 12.0. The molecule has 1 aliphatic rings. The van der Waals surface area contributed by atoms with Crippen molar-refractivity contribution in [1.29, 1.82) is 0 Å². The molecule has 1 fully saturated rings. The molecule has 1 aromatic heterocycles. The van der Waals surface area contributed by atoms with Crippen LogP contribution >= 0.6 is 15.9 Å². The Kier molecular flexibility index (Phi) is 3.98. The average Bonchev–Trinajstić information content (AvgIpc) is 2.45. The van der Waals surface area contributed by atoms with Crippen LogP contribution in [0.4, 0.5) is 11.8 Å². The number of hydrogen-bond acceptors (Lipinski definition) is 7. The molecule has 10 heteroatoms. The van der Waals surface area contributed by atoms with Crippen molar-refractivity contribution in [3.8, 4) is 0 Å². The molecule has 1 saturated heterocycles. The minimum Gasteiger partial charge on any atom is -0.383 e. The Labute approximate surface area is 141 Å². The minimum atomic E-state index is -3.88. The second-order valence-electron chi connectivity index (χ2n) is 5.28. The molecule has 0 radical (unpaired) electrons. The van der Waals surface area contributed by atoms with Crippen molar-refractivity contribution in [2.45, 2.75) is 17.7 Å². The molecule has 4 N–H and O–H groups in total. The van der Waals surface area contributed by atoms with Crippen LogP contribution in [-0.4, -0.2) is 37.3 Å². The van der Waals surface area contributed by atoms with Crippen LogP contribution in [0.5, 0.6) is 0 Å². The quantitative estimate of drug-likeness (QED) is 0.762. The average molecular weight is 400 g/mol. The van der Waals surface area contributed by atoms with Gasteiger partial charge in [-0.2, -0.15) is 4.98 Å². The third-order valence-corrected chi connectivity index (χ3v) is 5.55. The van der Waals surface area contributed by atoms with E-state index in [2.05, 4.69) is 25.9 Å². The maximum Gasteiger partial charge on any atom is 0.239 e. The fourth-order valence-electron chi connectivity index (χ4n) is 2.46. The van der Waals surface area contributed by atoms with Crippen LogP contribution in [-0.2, 0) is 14.8 Å². The molecule has 122 valence electrons. The fourth-order valence-corrected chi connectivity index (χ4v) is 4.08. The van der Waals surface area contributed by atoms with Crippen LogP contribution in [0, 0.1) is 0 Å². The van der Waals surface area contributed by atoms with Gasteiger partial charge in [-0.15, -0.1) is 0 Å². The molecule has 2 heterocycles. The Morgan fingerprint density at radius 3 is 2.43 bits per heavy atom. The van der Waals surface area contributed by atoms with E-state index in [-0.39, 0.29) is 16.5 Å². The normalized spacial score (nSPS) is 16.1. The number of carbonyl (C=O) groups is 1. The smallest absolute Gasteiger partial charge is 0.239 e. The fraction of sp³-hybridized carbons (Fsp3) is 0.308. The van der Waals surface area contributed by atoms with E-state index in [1.807, 2.05) is 4.90 Å². The number of nitrogen functional groups attached to an aromatic ring is 1. The number of carbonyl (C=O) groups excluding carboxylic acids is 1. The summed E-state index contributed by atoms with van der Waals surface area (Å²) in [4.78, 5) is 21.8. The standard InChI is InChI=1S/C13H14BrN5O3S/c14-9-6-10-8(5-11(9)23(16,21)22)12(15)18-13(17-10)19-3-1-7(20)2-4-19/h5-6H,1-4H2,(H2,15,17,18)(H2,16,21,22). The number of halogens is 1. The summed E-state index contributed by atoms with van der Waals surface area (Å²) in [6.45, 7) is 1.08. The Bertz CT molecular complexity index is 905. The van der Waals surface area contributed by atoms with Crippen LogP contribution in [0.15, 0.2) is 21.5 Å². The Morgan fingerprint density at radius 1 is 1.17 bits per heavy atom. The third kappa shape index (κ3) is 3.14. The summed E-state index contributed by atoms with van der Waals surface area (Å²) >= 11 is 3.19. The van der Waals surface area contributed by atoms with Crippen LogP contribution < -0.4 is 15.8 Å². The zero-order valence-corrected chi connectivity index (χ0v) is 14.4. The molecule has 1 aromatic carbocycles. The lowest BCUT2D eigenvalue weighted by molar-refractivity contribution is -0.119. The van der Waals surface area contributed by atoms with Crippen molar-refractivity contribution >= 4 is 54.4 Å². The monoisotopic (exact) mass is 399 g/mol. The first-order valence-corrected chi connectivity index (χ1v) is 9.16. The van der Waals surface area contributed by atoms with Crippen LogP contribution in [0.1, 0.15) is 12.8 Å². The second-order valence-corrected chi connectivity index (χ2v) is 7.66. The number of hydrogen-bond donors (Lipinski definition) is 2. The largest absolute Gasteiger partial charge is 0.383 e. The lowest BCUT2D eigenvalue weighted by Crippen LogP contribution is -2.35. The predicted molar refractivity (Wildman–Crippen MR) is 89.5 cm³/mol. The summed E-state index contributed by atoms with van der Waals surface area (Å²) in [5, 5.41) is 5.59. The second kappa shape index (κ2) is 5.69. The molecule has 0 amide bonds. The van der Waals surface area contributed by atoms with Gasteiger partial charge in [0.2, 0.25) is 16.0 Å². The Balaban J connectivity index is 2.10. The highest BCUT2D eigenvalue weighted by Gasteiger charge is 2.21. The molecule has 0 aliphatic carbocycles. The van der Waals surface area contributed by atoms with Gasteiger partial charge < -0.3 is 10.6 Å². The summed E-state index contributed by atoms with van der Waals surface area (Å²) in [5.41, 5.74) is 6.46. The molecule has 0 bridgehead atoms. The molecular weight excluding hydrogens is 386 g/mol. The van der Waals surface area contributed by atoms with Crippen molar-refractivity contribution in [3.05, 3.63) is 16.6 Å². The number of nitrogens with two attached hydrogens (primary N) is 2. The predicted octanol–water partition coefficient (Wildman–Crippen LogP) is 0.791. The molecule has 1 aliphatic heterocycles. The summed E-state index contributed by atoms with van der Waals surface area (Å²) < 4.78 is 23.5. The first-order valence-electron chi connectivity index (χ1n) is 6.82. The number of rotatable bonds is 2. The van der Waals surface area contributed by atoms with Gasteiger partial charge in [0.05, 0.1) is 10.4 Å². The van der Waals surface area contributed by atoms with Crippen LogP contribution in [0.25, 0.3) is 10.9 Å². The summed E-state index contributed by atoms with van der Waals surface area (Å²) in [6, 6.07) is 2.90. The molecule has 3 rings (SSSR count). The molecule has 0 atom stereocenters. The number of primary sulfonamides is 1. The number of aromatic nitrogens is 2. The molecule has 0 unspecified atom stereocenters. The molecule has 23 heavy (non-hydrogen) atoms. The van der Waals surface area contributed by atoms with Gasteiger partial charge in [-0.25, -0.2) is 18.5 Å². The van der Waals surface area contributed by atoms with E-state index in [1.165, 1.54) is 6.07 Å². The van der Waals surface area contributed by atoms with E-state index >= 15 is 0 Å². The topological polar surface area (TPSA) is 132 Å². The van der Waals surface area contributed by atoms with Gasteiger partial charge in [-0.3, -0.25) is 4.79 Å². The van der Waals surface area contributed by atoms with Crippen LogP contribution in [0.2, 0.25) is 0 Å². The lowest BCUT2D eigenvalue weighted by Gasteiger charge is -2.26. The maximum atomic E-state index is 11.6.